The van der Waals surface area contributed by atoms with Crippen LogP contribution in [0.15, 0.2) is 42.6 Å². The largest absolute Gasteiger partial charge is 0.366 e. The van der Waals surface area contributed by atoms with E-state index in [0.717, 1.165) is 40.4 Å². The van der Waals surface area contributed by atoms with Gasteiger partial charge in [0.25, 0.3) is 5.91 Å². The minimum Gasteiger partial charge on any atom is -0.366 e. The number of rotatable bonds is 7. The maximum atomic E-state index is 12.4. The molecule has 34 heavy (non-hydrogen) atoms. The van der Waals surface area contributed by atoms with Crippen molar-refractivity contribution in [2.45, 2.75) is 38.6 Å². The molecule has 1 fully saturated rings. The number of nitrogens with zero attached hydrogens (tertiary/aromatic N) is 2. The number of hydrogen-bond donors (Lipinski definition) is 2. The van der Waals surface area contributed by atoms with E-state index >= 15 is 0 Å². The van der Waals surface area contributed by atoms with E-state index in [2.05, 4.69) is 55.2 Å². The number of fused-ring (bicyclic) bond motifs is 1. The summed E-state index contributed by atoms with van der Waals surface area (Å²) in [5.74, 6) is -0.128. The molecule has 1 saturated heterocycles. The highest BCUT2D eigenvalue weighted by molar-refractivity contribution is 7.89. The molecule has 1 aliphatic rings. The quantitative estimate of drug-likeness (QED) is 0.530. The molecule has 3 N–H and O–H groups in total. The van der Waals surface area contributed by atoms with Crippen molar-refractivity contribution in [3.63, 3.8) is 0 Å². The second-order valence-corrected chi connectivity index (χ2v) is 11.7. The van der Waals surface area contributed by atoms with Crippen molar-refractivity contribution in [2.75, 3.05) is 32.9 Å². The molecule has 1 aromatic heterocycles. The van der Waals surface area contributed by atoms with Crippen molar-refractivity contribution in [3.8, 4) is 11.1 Å². The van der Waals surface area contributed by atoms with Gasteiger partial charge in [-0.15, -0.1) is 0 Å². The van der Waals surface area contributed by atoms with Crippen LogP contribution in [0.25, 0.3) is 22.0 Å². The highest BCUT2D eigenvalue weighted by Crippen LogP contribution is 2.37. The Labute approximate surface area is 202 Å². The highest BCUT2D eigenvalue weighted by Gasteiger charge is 2.29. The maximum absolute atomic E-state index is 12.4. The van der Waals surface area contributed by atoms with E-state index in [1.165, 1.54) is 5.56 Å². The van der Waals surface area contributed by atoms with Crippen LogP contribution in [0.4, 0.5) is 0 Å². The number of primary amides is 1. The lowest BCUT2D eigenvalue weighted by Crippen LogP contribution is -2.38. The van der Waals surface area contributed by atoms with Gasteiger partial charge in [-0.05, 0) is 87.2 Å². The van der Waals surface area contributed by atoms with E-state index in [1.807, 2.05) is 18.3 Å². The first-order valence-corrected chi connectivity index (χ1v) is 13.4. The SMILES string of the molecule is CCS(=O)(=O)N1CCC(c2c[nH]c3c(C(N)=O)cc(-c4cccc(C(C)N(C)C)c4)cc23)CC1. The number of aromatic nitrogens is 1. The van der Waals surface area contributed by atoms with E-state index in [0.29, 0.717) is 18.7 Å². The molecule has 2 heterocycles. The summed E-state index contributed by atoms with van der Waals surface area (Å²) in [7, 11) is 0.933. The number of aromatic amines is 1. The second-order valence-electron chi connectivity index (χ2n) is 9.39. The lowest BCUT2D eigenvalue weighted by molar-refractivity contribution is 0.100. The van der Waals surface area contributed by atoms with Crippen molar-refractivity contribution >= 4 is 26.8 Å². The van der Waals surface area contributed by atoms with Crippen molar-refractivity contribution < 1.29 is 13.2 Å². The summed E-state index contributed by atoms with van der Waals surface area (Å²) in [6.07, 6.45) is 3.45. The van der Waals surface area contributed by atoms with E-state index in [4.69, 9.17) is 5.73 Å². The zero-order valence-electron chi connectivity index (χ0n) is 20.3. The minimum absolute atomic E-state index is 0.127. The summed E-state index contributed by atoms with van der Waals surface area (Å²) < 4.78 is 26.1. The highest BCUT2D eigenvalue weighted by atomic mass is 32.2. The van der Waals surface area contributed by atoms with E-state index in [-0.39, 0.29) is 17.7 Å². The number of piperidine rings is 1. The van der Waals surface area contributed by atoms with Crippen LogP contribution >= 0.6 is 0 Å². The molecule has 0 aliphatic carbocycles. The van der Waals surface area contributed by atoms with E-state index in [1.54, 1.807) is 11.2 Å². The Morgan fingerprint density at radius 1 is 1.18 bits per heavy atom. The van der Waals surface area contributed by atoms with Crippen LogP contribution in [0.1, 0.15) is 60.1 Å². The third-order valence-electron chi connectivity index (χ3n) is 7.22. The summed E-state index contributed by atoms with van der Waals surface area (Å²) in [5, 5.41) is 0.981. The van der Waals surface area contributed by atoms with Gasteiger partial charge in [-0.25, -0.2) is 12.7 Å². The number of nitrogens with two attached hydrogens (primary N) is 1. The van der Waals surface area contributed by atoms with Crippen LogP contribution in [-0.2, 0) is 10.0 Å². The first kappa shape index (κ1) is 24.4. The van der Waals surface area contributed by atoms with Gasteiger partial charge in [0.05, 0.1) is 16.8 Å². The van der Waals surface area contributed by atoms with E-state index in [9.17, 15) is 13.2 Å². The third-order valence-corrected chi connectivity index (χ3v) is 9.10. The molecular formula is C26H34N4O3S. The fourth-order valence-corrected chi connectivity index (χ4v) is 5.99. The van der Waals surface area contributed by atoms with Crippen LogP contribution in [0.3, 0.4) is 0 Å². The number of carbonyl (C=O) groups excluding carboxylic acids is 1. The molecule has 0 radical (unpaired) electrons. The molecule has 1 aliphatic heterocycles. The lowest BCUT2D eigenvalue weighted by Gasteiger charge is -2.31. The van der Waals surface area contributed by atoms with Gasteiger partial charge in [-0.3, -0.25) is 4.79 Å². The Morgan fingerprint density at radius 2 is 1.88 bits per heavy atom. The Morgan fingerprint density at radius 3 is 2.50 bits per heavy atom. The van der Waals surface area contributed by atoms with Crippen LogP contribution in [0, 0.1) is 0 Å². The standard InChI is InChI=1S/C26H34N4O3S/c1-5-34(32,33)30-11-9-18(10-12-30)24-16-28-25-22(24)14-21(15-23(25)26(27)31)20-8-6-7-19(13-20)17(2)29(3)4/h6-8,13-18,28H,5,9-12H2,1-4H3,(H2,27,31). The lowest BCUT2D eigenvalue weighted by atomic mass is 9.88. The Balaban J connectivity index is 1.74. The average molecular weight is 483 g/mol. The Kier molecular flexibility index (Phi) is 6.85. The molecule has 1 atom stereocenters. The zero-order valence-corrected chi connectivity index (χ0v) is 21.2. The van der Waals surface area contributed by atoms with Gasteiger partial charge >= 0.3 is 0 Å². The molecule has 2 aromatic carbocycles. The second kappa shape index (κ2) is 9.52. The molecule has 1 unspecified atom stereocenters. The number of nitrogens with one attached hydrogen (secondary N) is 1. The van der Waals surface area contributed by atoms with Gasteiger partial charge in [0.2, 0.25) is 10.0 Å². The molecule has 4 rings (SSSR count). The van der Waals surface area contributed by atoms with Crippen molar-refractivity contribution in [3.05, 3.63) is 59.3 Å². The van der Waals surface area contributed by atoms with Crippen LogP contribution in [0.5, 0.6) is 0 Å². The van der Waals surface area contributed by atoms with Gasteiger partial charge in [0.15, 0.2) is 0 Å². The molecule has 0 bridgehead atoms. The molecule has 3 aromatic rings. The van der Waals surface area contributed by atoms with E-state index < -0.39 is 15.9 Å². The minimum atomic E-state index is -3.17. The van der Waals surface area contributed by atoms with Crippen molar-refractivity contribution in [2.24, 2.45) is 5.73 Å². The Bertz CT molecular complexity index is 1300. The summed E-state index contributed by atoms with van der Waals surface area (Å²) in [4.78, 5) is 17.8. The fourth-order valence-electron chi connectivity index (χ4n) is 4.86. The molecular weight excluding hydrogens is 448 g/mol. The molecule has 1 amide bonds. The van der Waals surface area contributed by atoms with Gasteiger partial charge in [0, 0.05) is 30.7 Å². The number of hydrogen-bond acceptors (Lipinski definition) is 4. The first-order chi connectivity index (χ1) is 16.1. The molecule has 8 heteroatoms. The zero-order chi connectivity index (χ0) is 24.6. The topological polar surface area (TPSA) is 99.5 Å². The molecule has 0 spiro atoms. The van der Waals surface area contributed by atoms with Gasteiger partial charge in [-0.2, -0.15) is 0 Å². The van der Waals surface area contributed by atoms with Crippen LogP contribution in [0.2, 0.25) is 0 Å². The van der Waals surface area contributed by atoms with Crippen LogP contribution < -0.4 is 5.73 Å². The first-order valence-electron chi connectivity index (χ1n) is 11.8. The molecule has 0 saturated carbocycles. The molecule has 7 nitrogen and oxygen atoms in total. The summed E-state index contributed by atoms with van der Waals surface area (Å²) in [6, 6.07) is 12.6. The summed E-state index contributed by atoms with van der Waals surface area (Å²) in [6.45, 7) is 4.87. The summed E-state index contributed by atoms with van der Waals surface area (Å²) >= 11 is 0. The molecule has 182 valence electrons. The van der Waals surface area contributed by atoms with Gasteiger partial charge in [-0.1, -0.05) is 18.2 Å². The van der Waals surface area contributed by atoms with Gasteiger partial charge in [0.1, 0.15) is 0 Å². The number of sulfonamides is 1. The smallest absolute Gasteiger partial charge is 0.250 e. The number of carbonyl (C=O) groups is 1. The number of benzene rings is 2. The third kappa shape index (κ3) is 4.62. The van der Waals surface area contributed by atoms with Crippen molar-refractivity contribution in [1.82, 2.24) is 14.2 Å². The average Bonchev–Trinajstić information content (AvgIpc) is 3.27. The predicted molar refractivity (Wildman–Crippen MR) is 137 cm³/mol. The van der Waals surface area contributed by atoms with Crippen LogP contribution in [-0.4, -0.2) is 61.5 Å². The van der Waals surface area contributed by atoms with Gasteiger partial charge < -0.3 is 15.6 Å². The monoisotopic (exact) mass is 482 g/mol. The normalized spacial score (nSPS) is 16.9. The predicted octanol–water partition coefficient (Wildman–Crippen LogP) is 4.09. The number of H-pyrrole nitrogens is 1. The van der Waals surface area contributed by atoms with Crippen molar-refractivity contribution in [1.29, 1.82) is 0 Å². The summed E-state index contributed by atoms with van der Waals surface area (Å²) in [5.41, 5.74) is 11.3. The number of amides is 1. The fraction of sp³-hybridized carbons (Fsp3) is 0.423. The Hall–Kier alpha value is -2.68. The maximum Gasteiger partial charge on any atom is 0.250 e.